The van der Waals surface area contributed by atoms with Crippen LogP contribution in [0.25, 0.3) is 12.2 Å². The maximum atomic E-state index is 15.5. The van der Waals surface area contributed by atoms with Crippen molar-refractivity contribution >= 4 is 70.5 Å². The van der Waals surface area contributed by atoms with Crippen LogP contribution in [0.5, 0.6) is 23.0 Å². The second-order valence-electron chi connectivity index (χ2n) is 16.6. The van der Waals surface area contributed by atoms with Crippen LogP contribution in [0.3, 0.4) is 0 Å². The molecule has 3 heterocycles. The summed E-state index contributed by atoms with van der Waals surface area (Å²) in [4.78, 5) is 65.0. The van der Waals surface area contributed by atoms with E-state index in [-0.39, 0.29) is 36.8 Å². The van der Waals surface area contributed by atoms with Gasteiger partial charge >= 0.3 is 6.18 Å². The van der Waals surface area contributed by atoms with Crippen molar-refractivity contribution in [3.8, 4) is 23.0 Å². The van der Waals surface area contributed by atoms with Gasteiger partial charge in [0, 0.05) is 22.7 Å². The Balaban J connectivity index is 1.13. The van der Waals surface area contributed by atoms with E-state index in [2.05, 4.69) is 10.4 Å². The van der Waals surface area contributed by atoms with Crippen LogP contribution in [0.1, 0.15) is 53.5 Å². The van der Waals surface area contributed by atoms with Crippen molar-refractivity contribution in [3.05, 3.63) is 147 Å². The smallest absolute Gasteiger partial charge is 0.417 e. The molecule has 6 atom stereocenters. The first kappa shape index (κ1) is 45.3. The fourth-order valence-electron chi connectivity index (χ4n) is 10.3. The maximum Gasteiger partial charge on any atom is 0.417 e. The van der Waals surface area contributed by atoms with Crippen molar-refractivity contribution < 1.29 is 51.7 Å². The van der Waals surface area contributed by atoms with Gasteiger partial charge in [-0.15, -0.1) is 0 Å². The molecular formula is C50H41Cl2F3N4O8. The van der Waals surface area contributed by atoms with Crippen LogP contribution in [0.15, 0.2) is 109 Å². The molecule has 344 valence electrons. The van der Waals surface area contributed by atoms with Crippen molar-refractivity contribution in [2.75, 3.05) is 31.2 Å². The number of allylic oxidation sites excluding steroid dienone is 2. The molecule has 4 amide bonds. The van der Waals surface area contributed by atoms with E-state index in [0.29, 0.717) is 51.2 Å². The zero-order valence-corrected chi connectivity index (χ0v) is 37.5. The average Bonchev–Trinajstić information content (AvgIpc) is 3.69. The van der Waals surface area contributed by atoms with E-state index in [4.69, 9.17) is 37.4 Å². The Kier molecular flexibility index (Phi) is 11.8. The molecule has 2 saturated heterocycles. The van der Waals surface area contributed by atoms with Gasteiger partial charge in [-0.2, -0.15) is 18.2 Å². The number of benzene rings is 4. The van der Waals surface area contributed by atoms with Gasteiger partial charge in [0.05, 0.1) is 60.3 Å². The van der Waals surface area contributed by atoms with Crippen molar-refractivity contribution in [2.24, 2.45) is 23.7 Å². The van der Waals surface area contributed by atoms with Gasteiger partial charge in [0.2, 0.25) is 11.8 Å². The number of aromatic nitrogens is 1. The Morgan fingerprint density at radius 2 is 1.61 bits per heavy atom. The van der Waals surface area contributed by atoms with E-state index in [0.717, 1.165) is 16.1 Å². The number of pyridine rings is 1. The summed E-state index contributed by atoms with van der Waals surface area (Å²) < 4.78 is 57.5. The minimum absolute atomic E-state index is 0.0796. The van der Waals surface area contributed by atoms with Gasteiger partial charge in [-0.1, -0.05) is 77.3 Å². The number of amides is 4. The van der Waals surface area contributed by atoms with E-state index < -0.39 is 75.4 Å². The highest BCUT2D eigenvalue weighted by molar-refractivity contribution is 6.33. The summed E-state index contributed by atoms with van der Waals surface area (Å²) in [6.45, 7) is 1.91. The number of anilines is 2. The largest absolute Gasteiger partial charge is 0.504 e. The number of halogens is 5. The third kappa shape index (κ3) is 7.63. The number of hydrogen-bond acceptors (Lipinski definition) is 10. The lowest BCUT2D eigenvalue weighted by Gasteiger charge is -2.50. The number of methoxy groups -OCH3 is 2. The van der Waals surface area contributed by atoms with Gasteiger partial charge in [0.1, 0.15) is 11.5 Å². The van der Waals surface area contributed by atoms with Crippen molar-refractivity contribution in [1.82, 2.24) is 9.99 Å². The molecule has 0 bridgehead atoms. The molecular weight excluding hydrogens is 912 g/mol. The Labute approximate surface area is 392 Å². The van der Waals surface area contributed by atoms with E-state index in [1.165, 1.54) is 11.0 Å². The monoisotopic (exact) mass is 952 g/mol. The van der Waals surface area contributed by atoms with Crippen LogP contribution in [0, 0.1) is 23.7 Å². The van der Waals surface area contributed by atoms with E-state index in [1.54, 1.807) is 93.9 Å². The lowest BCUT2D eigenvalue weighted by molar-refractivity contribution is -0.139. The molecule has 2 aliphatic heterocycles. The summed E-state index contributed by atoms with van der Waals surface area (Å²) in [5.74, 6) is -6.37. The highest BCUT2D eigenvalue weighted by Crippen LogP contribution is 2.64. The van der Waals surface area contributed by atoms with E-state index in [9.17, 15) is 27.9 Å². The zero-order valence-electron chi connectivity index (χ0n) is 36.0. The number of rotatable bonds is 11. The number of phenols is 1. The van der Waals surface area contributed by atoms with Crippen molar-refractivity contribution in [1.29, 1.82) is 0 Å². The molecule has 9 rings (SSSR count). The minimum atomic E-state index is -4.77. The lowest BCUT2D eigenvalue weighted by atomic mass is 9.49. The average molecular weight is 954 g/mol. The van der Waals surface area contributed by atoms with Crippen LogP contribution >= 0.6 is 23.2 Å². The van der Waals surface area contributed by atoms with Gasteiger partial charge in [-0.3, -0.25) is 29.5 Å². The molecule has 2 N–H and O–H groups in total. The Morgan fingerprint density at radius 1 is 0.866 bits per heavy atom. The Bertz CT molecular complexity index is 2890. The number of nitrogens with one attached hydrogen (secondary N) is 1. The molecule has 3 fully saturated rings. The third-order valence-corrected chi connectivity index (χ3v) is 13.8. The summed E-state index contributed by atoms with van der Waals surface area (Å²) in [7, 11) is 3.14. The maximum absolute atomic E-state index is 15.5. The lowest BCUT2D eigenvalue weighted by Crippen LogP contribution is -2.53. The van der Waals surface area contributed by atoms with Crippen LogP contribution in [-0.4, -0.2) is 59.6 Å². The molecule has 1 saturated carbocycles. The van der Waals surface area contributed by atoms with Crippen LogP contribution in [0.2, 0.25) is 10.0 Å². The molecule has 1 aromatic heterocycles. The fraction of sp³-hybridized carbons (Fsp3) is 0.260. The summed E-state index contributed by atoms with van der Waals surface area (Å²) in [5.41, 5.74) is 3.06. The van der Waals surface area contributed by atoms with Crippen molar-refractivity contribution in [2.45, 2.75) is 37.3 Å². The van der Waals surface area contributed by atoms with Crippen LogP contribution in [0.4, 0.5) is 24.7 Å². The normalized spacial score (nSPS) is 23.5. The van der Waals surface area contributed by atoms with Crippen LogP contribution < -0.4 is 24.5 Å². The quantitative estimate of drug-likeness (QED) is 0.0745. The molecule has 0 radical (unpaired) electrons. The number of aromatic hydroxyl groups is 1. The highest BCUT2D eigenvalue weighted by Gasteiger charge is 2.70. The summed E-state index contributed by atoms with van der Waals surface area (Å²) >= 11 is 12.7. The topological polar surface area (TPSA) is 148 Å². The third-order valence-electron chi connectivity index (χ3n) is 13.2. The first-order valence-corrected chi connectivity index (χ1v) is 22.0. The fourth-order valence-corrected chi connectivity index (χ4v) is 10.6. The van der Waals surface area contributed by atoms with E-state index >= 15 is 9.59 Å². The number of hydrogen-bond donors (Lipinski definition) is 2. The Hall–Kier alpha value is -6.84. The van der Waals surface area contributed by atoms with Crippen molar-refractivity contribution in [3.63, 3.8) is 0 Å². The first-order chi connectivity index (χ1) is 32.1. The molecule has 0 spiro atoms. The number of carbonyl (C=O) groups excluding carboxylic acids is 4. The molecule has 67 heavy (non-hydrogen) atoms. The Morgan fingerprint density at radius 3 is 2.28 bits per heavy atom. The number of ether oxygens (including phenoxy) is 3. The molecule has 5 aromatic rings. The second kappa shape index (κ2) is 17.4. The summed E-state index contributed by atoms with van der Waals surface area (Å²) in [6, 6.07) is 24.0. The summed E-state index contributed by atoms with van der Waals surface area (Å²) in [6.07, 6.45) is 1.40. The highest BCUT2D eigenvalue weighted by atomic mass is 35.5. The van der Waals surface area contributed by atoms with Gasteiger partial charge in [0.15, 0.2) is 17.3 Å². The summed E-state index contributed by atoms with van der Waals surface area (Å²) in [5, 5.41) is 11.4. The van der Waals surface area contributed by atoms with Gasteiger partial charge in [-0.05, 0) is 103 Å². The standard InChI is InChI=1S/C50H41Cl2F3N4O8/c1-4-67-41-22-28(9-19-39(41)60)43-34-17-18-35-42(47(63)58(45(35)61)32-14-6-26(7-15-32)5-8-27-21-33(65-2)16-20-40(27)66-3)36(34)24-37-46(62)59(48(64)49(37,43)29-10-12-31(51)13-11-29)57-44-38(52)23-30(25-56-44)50(53,54)55/h5-17,19-23,25,35-37,42-43,60H,4,18,24H2,1-3H3,(H,56,57). The molecule has 12 nitrogen and oxygen atoms in total. The SMILES string of the molecule is CCOc1cc(C2C3=CCC4C(=O)N(c5ccc(C=Cc6cc(OC)ccc6OC)cc5)C(=O)C4C3CC3C(=O)N(Nc4ncc(C(F)(F)F)cc4Cl)C(=O)C32c2ccc(Cl)cc2)ccc1O. The number of hydrazine groups is 1. The minimum Gasteiger partial charge on any atom is -0.504 e. The number of nitrogens with zero attached hydrogens (tertiary/aromatic N) is 3. The molecule has 4 aliphatic rings. The predicted molar refractivity (Wildman–Crippen MR) is 244 cm³/mol. The zero-order chi connectivity index (χ0) is 47.5. The number of imide groups is 2. The number of phenolic OH excluding ortho intramolecular Hbond substituents is 1. The van der Waals surface area contributed by atoms with Crippen LogP contribution in [-0.2, 0) is 30.8 Å². The number of fused-ring (bicyclic) bond motifs is 4. The molecule has 17 heteroatoms. The van der Waals surface area contributed by atoms with Gasteiger partial charge < -0.3 is 19.3 Å². The first-order valence-electron chi connectivity index (χ1n) is 21.3. The number of carbonyl (C=O) groups is 4. The predicted octanol–water partition coefficient (Wildman–Crippen LogP) is 9.89. The van der Waals surface area contributed by atoms with Gasteiger partial charge in [-0.25, -0.2) is 4.98 Å². The molecule has 2 aliphatic carbocycles. The van der Waals surface area contributed by atoms with Gasteiger partial charge in [0.25, 0.3) is 11.8 Å². The molecule has 6 unspecified atom stereocenters. The number of alkyl halides is 3. The molecule has 4 aromatic carbocycles. The van der Waals surface area contributed by atoms with E-state index in [1.807, 2.05) is 24.3 Å². The second-order valence-corrected chi connectivity index (χ2v) is 17.5.